The number of nitrogens with one attached hydrogen (secondary N) is 1. The third-order valence-corrected chi connectivity index (χ3v) is 3.89. The van der Waals surface area contributed by atoms with Crippen molar-refractivity contribution >= 4 is 22.9 Å². The van der Waals surface area contributed by atoms with E-state index in [9.17, 15) is 4.79 Å². The summed E-state index contributed by atoms with van der Waals surface area (Å²) in [5.41, 5.74) is 3.76. The molecule has 0 heterocycles. The Hall–Kier alpha value is -3.78. The summed E-state index contributed by atoms with van der Waals surface area (Å²) >= 11 is 0. The average Bonchev–Trinajstić information content (AvgIpc) is 2.72. The highest BCUT2D eigenvalue weighted by Crippen LogP contribution is 2.25. The van der Waals surface area contributed by atoms with Crippen LogP contribution in [0.1, 0.15) is 15.9 Å². The van der Waals surface area contributed by atoms with Gasteiger partial charge in [-0.3, -0.25) is 4.79 Å². The van der Waals surface area contributed by atoms with Crippen molar-refractivity contribution in [3.8, 4) is 23.8 Å². The minimum Gasteiger partial charge on any atom is -0.496 e. The number of amides is 1. The van der Waals surface area contributed by atoms with Gasteiger partial charge >= 0.3 is 0 Å². The molecular formula is C22H18N2O3. The Bertz CT molecular complexity index is 1020. The van der Waals surface area contributed by atoms with E-state index in [0.29, 0.717) is 17.1 Å². The van der Waals surface area contributed by atoms with E-state index in [2.05, 4.69) is 16.4 Å². The van der Waals surface area contributed by atoms with Gasteiger partial charge in [-0.15, -0.1) is 6.42 Å². The molecule has 0 aliphatic heterocycles. The van der Waals surface area contributed by atoms with E-state index in [0.717, 1.165) is 16.3 Å². The lowest BCUT2D eigenvalue weighted by Crippen LogP contribution is -2.18. The molecule has 3 aromatic rings. The molecule has 3 rings (SSSR count). The second-order valence-corrected chi connectivity index (χ2v) is 5.66. The van der Waals surface area contributed by atoms with Crippen molar-refractivity contribution in [1.82, 2.24) is 5.43 Å². The van der Waals surface area contributed by atoms with Crippen molar-refractivity contribution in [2.24, 2.45) is 5.10 Å². The fraction of sp³-hybridized carbons (Fsp3) is 0.0909. The smallest absolute Gasteiger partial charge is 0.275 e. The van der Waals surface area contributed by atoms with Crippen molar-refractivity contribution in [2.75, 3.05) is 13.7 Å². The molecule has 3 aromatic carbocycles. The van der Waals surface area contributed by atoms with Gasteiger partial charge in [0, 0.05) is 0 Å². The maximum absolute atomic E-state index is 12.5. The van der Waals surface area contributed by atoms with E-state index in [1.165, 1.54) is 7.11 Å². The topological polar surface area (TPSA) is 59.9 Å². The summed E-state index contributed by atoms with van der Waals surface area (Å²) in [6, 6.07) is 18.6. The van der Waals surface area contributed by atoms with Gasteiger partial charge in [0.2, 0.25) is 0 Å². The Balaban J connectivity index is 1.71. The predicted molar refractivity (Wildman–Crippen MR) is 106 cm³/mol. The monoisotopic (exact) mass is 358 g/mol. The van der Waals surface area contributed by atoms with E-state index < -0.39 is 0 Å². The quantitative estimate of drug-likeness (QED) is 0.416. The number of methoxy groups -OCH3 is 1. The van der Waals surface area contributed by atoms with Crippen LogP contribution < -0.4 is 14.9 Å². The Labute approximate surface area is 157 Å². The predicted octanol–water partition coefficient (Wildman–Crippen LogP) is 3.62. The number of nitrogens with zero attached hydrogens (tertiary/aromatic N) is 1. The number of benzene rings is 3. The van der Waals surface area contributed by atoms with E-state index in [-0.39, 0.29) is 12.5 Å². The first kappa shape index (κ1) is 18.0. The SMILES string of the molecule is C#CCOc1ccc(C=NNC(=O)c2cc3ccccc3cc2OC)cc1. The summed E-state index contributed by atoms with van der Waals surface area (Å²) in [7, 11) is 1.54. The molecule has 134 valence electrons. The van der Waals surface area contributed by atoms with Crippen molar-refractivity contribution < 1.29 is 14.3 Å². The molecule has 0 atom stereocenters. The van der Waals surface area contributed by atoms with Crippen LogP contribution in [-0.2, 0) is 0 Å². The molecule has 1 N–H and O–H groups in total. The van der Waals surface area contributed by atoms with Gasteiger partial charge in [-0.25, -0.2) is 5.43 Å². The Morgan fingerprint density at radius 3 is 2.52 bits per heavy atom. The van der Waals surface area contributed by atoms with Crippen molar-refractivity contribution in [1.29, 1.82) is 0 Å². The van der Waals surface area contributed by atoms with Crippen molar-refractivity contribution in [3.63, 3.8) is 0 Å². The van der Waals surface area contributed by atoms with Crippen LogP contribution >= 0.6 is 0 Å². The van der Waals surface area contributed by atoms with Gasteiger partial charge in [-0.2, -0.15) is 5.10 Å². The number of hydrazone groups is 1. The first-order chi connectivity index (χ1) is 13.2. The molecule has 5 nitrogen and oxygen atoms in total. The van der Waals surface area contributed by atoms with Gasteiger partial charge in [0.15, 0.2) is 0 Å². The summed E-state index contributed by atoms with van der Waals surface area (Å²) in [6.07, 6.45) is 6.71. The molecule has 0 saturated carbocycles. The van der Waals surface area contributed by atoms with Crippen LogP contribution in [0, 0.1) is 12.3 Å². The molecule has 1 amide bonds. The Kier molecular flexibility index (Phi) is 5.70. The maximum atomic E-state index is 12.5. The molecule has 0 radical (unpaired) electrons. The Morgan fingerprint density at radius 2 is 1.85 bits per heavy atom. The molecule has 0 aliphatic carbocycles. The van der Waals surface area contributed by atoms with Crippen LogP contribution in [0.3, 0.4) is 0 Å². The number of hydrogen-bond acceptors (Lipinski definition) is 4. The number of carbonyl (C=O) groups excluding carboxylic acids is 1. The normalized spacial score (nSPS) is 10.5. The van der Waals surface area contributed by atoms with Crippen LogP contribution in [0.2, 0.25) is 0 Å². The fourth-order valence-electron chi connectivity index (χ4n) is 2.57. The third-order valence-electron chi connectivity index (χ3n) is 3.89. The first-order valence-corrected chi connectivity index (χ1v) is 8.28. The standard InChI is InChI=1S/C22H18N2O3/c1-3-12-27-19-10-8-16(9-11-19)15-23-24-22(25)20-13-17-6-4-5-7-18(17)14-21(20)26-2/h1,4-11,13-15H,12H2,2H3,(H,24,25). The average molecular weight is 358 g/mol. The van der Waals surface area contributed by atoms with Gasteiger partial charge in [-0.05, 0) is 52.7 Å². The highest BCUT2D eigenvalue weighted by molar-refractivity contribution is 6.01. The van der Waals surface area contributed by atoms with E-state index in [1.54, 1.807) is 24.4 Å². The highest BCUT2D eigenvalue weighted by atomic mass is 16.5. The van der Waals surface area contributed by atoms with Gasteiger partial charge in [0.25, 0.3) is 5.91 Å². The zero-order chi connectivity index (χ0) is 19.1. The molecule has 0 saturated heterocycles. The molecule has 0 spiro atoms. The summed E-state index contributed by atoms with van der Waals surface area (Å²) in [5, 5.41) is 5.97. The zero-order valence-corrected chi connectivity index (χ0v) is 14.8. The van der Waals surface area contributed by atoms with Crippen molar-refractivity contribution in [3.05, 3.63) is 71.8 Å². The highest BCUT2D eigenvalue weighted by Gasteiger charge is 2.13. The fourth-order valence-corrected chi connectivity index (χ4v) is 2.57. The van der Waals surface area contributed by atoms with Gasteiger partial charge < -0.3 is 9.47 Å². The lowest BCUT2D eigenvalue weighted by atomic mass is 10.1. The number of ether oxygens (including phenoxy) is 2. The summed E-state index contributed by atoms with van der Waals surface area (Å²) < 4.78 is 10.7. The van der Waals surface area contributed by atoms with Gasteiger partial charge in [-0.1, -0.05) is 30.2 Å². The minimum atomic E-state index is -0.345. The summed E-state index contributed by atoms with van der Waals surface area (Å²) in [4.78, 5) is 12.5. The van der Waals surface area contributed by atoms with E-state index >= 15 is 0 Å². The number of rotatable bonds is 6. The maximum Gasteiger partial charge on any atom is 0.275 e. The molecule has 0 aliphatic rings. The zero-order valence-electron chi connectivity index (χ0n) is 14.8. The first-order valence-electron chi connectivity index (χ1n) is 8.28. The van der Waals surface area contributed by atoms with Crippen LogP contribution in [0.15, 0.2) is 65.8 Å². The van der Waals surface area contributed by atoms with E-state index in [4.69, 9.17) is 15.9 Å². The summed E-state index contributed by atoms with van der Waals surface area (Å²) in [6.45, 7) is 0.219. The number of carbonyl (C=O) groups is 1. The third kappa shape index (κ3) is 4.44. The second-order valence-electron chi connectivity index (χ2n) is 5.66. The number of hydrogen-bond donors (Lipinski definition) is 1. The van der Waals surface area contributed by atoms with Crippen molar-refractivity contribution in [2.45, 2.75) is 0 Å². The molecule has 0 fully saturated rings. The second kappa shape index (κ2) is 8.54. The van der Waals surface area contributed by atoms with Crippen LogP contribution in [0.4, 0.5) is 0 Å². The minimum absolute atomic E-state index is 0.219. The number of fused-ring (bicyclic) bond motifs is 1. The number of terminal acetylenes is 1. The largest absolute Gasteiger partial charge is 0.496 e. The molecule has 0 bridgehead atoms. The lowest BCUT2D eigenvalue weighted by Gasteiger charge is -2.09. The molecular weight excluding hydrogens is 340 g/mol. The van der Waals surface area contributed by atoms with Gasteiger partial charge in [0.05, 0.1) is 18.9 Å². The Morgan fingerprint density at radius 1 is 1.15 bits per heavy atom. The molecule has 27 heavy (non-hydrogen) atoms. The molecule has 0 unspecified atom stereocenters. The summed E-state index contributed by atoms with van der Waals surface area (Å²) in [5.74, 6) is 3.24. The molecule has 5 heteroatoms. The lowest BCUT2D eigenvalue weighted by molar-refractivity contribution is 0.0952. The van der Waals surface area contributed by atoms with Crippen LogP contribution in [0.25, 0.3) is 10.8 Å². The molecule has 0 aromatic heterocycles. The van der Waals surface area contributed by atoms with Crippen LogP contribution in [-0.4, -0.2) is 25.8 Å². The van der Waals surface area contributed by atoms with Gasteiger partial charge in [0.1, 0.15) is 18.1 Å². The van der Waals surface area contributed by atoms with E-state index in [1.807, 2.05) is 42.5 Å². The van der Waals surface area contributed by atoms with Crippen LogP contribution in [0.5, 0.6) is 11.5 Å².